The zero-order valence-corrected chi connectivity index (χ0v) is 8.77. The van der Waals surface area contributed by atoms with Gasteiger partial charge >= 0.3 is 0 Å². The van der Waals surface area contributed by atoms with Crippen molar-refractivity contribution in [2.24, 2.45) is 0 Å². The first kappa shape index (κ1) is 9.71. The molecular weight excluding hydrogens is 188 g/mol. The molecule has 78 valence electrons. The van der Waals surface area contributed by atoms with E-state index in [9.17, 15) is 0 Å². The normalized spacial score (nSPS) is 10.7. The zero-order valence-electron chi connectivity index (χ0n) is 8.77. The van der Waals surface area contributed by atoms with Crippen LogP contribution in [0.3, 0.4) is 0 Å². The van der Waals surface area contributed by atoms with Crippen LogP contribution in [0, 0.1) is 0 Å². The Bertz CT molecular complexity index is 498. The van der Waals surface area contributed by atoms with Gasteiger partial charge in [-0.25, -0.2) is 9.50 Å². The molecule has 0 bridgehead atoms. The van der Waals surface area contributed by atoms with E-state index in [0.29, 0.717) is 5.82 Å². The summed E-state index contributed by atoms with van der Waals surface area (Å²) in [5.74, 6) is 0.520. The Hall–Kier alpha value is -1.84. The SMILES string of the molecule is C=C(C)CCc1cc2c(N)ncnn2c1. The molecule has 2 rings (SSSR count). The van der Waals surface area contributed by atoms with Crippen molar-refractivity contribution in [3.63, 3.8) is 0 Å². The fraction of sp³-hybridized carbons (Fsp3) is 0.273. The molecule has 2 heterocycles. The number of nitrogens with two attached hydrogens (primary N) is 1. The first-order valence-electron chi connectivity index (χ1n) is 4.89. The Labute approximate surface area is 88.4 Å². The predicted molar refractivity (Wildman–Crippen MR) is 60.5 cm³/mol. The zero-order chi connectivity index (χ0) is 10.8. The average Bonchev–Trinajstić information content (AvgIpc) is 2.59. The molecule has 2 aromatic heterocycles. The molecule has 0 spiro atoms. The summed E-state index contributed by atoms with van der Waals surface area (Å²) in [6, 6.07) is 2.03. The van der Waals surface area contributed by atoms with Crippen molar-refractivity contribution in [1.82, 2.24) is 14.6 Å². The maximum Gasteiger partial charge on any atom is 0.151 e. The van der Waals surface area contributed by atoms with E-state index in [1.54, 1.807) is 4.52 Å². The Morgan fingerprint density at radius 2 is 2.40 bits per heavy atom. The van der Waals surface area contributed by atoms with Gasteiger partial charge in [-0.15, -0.1) is 6.58 Å². The molecule has 0 radical (unpaired) electrons. The van der Waals surface area contributed by atoms with Crippen LogP contribution in [0.1, 0.15) is 18.9 Å². The molecule has 0 unspecified atom stereocenters. The summed E-state index contributed by atoms with van der Waals surface area (Å²) in [4.78, 5) is 3.94. The number of anilines is 1. The van der Waals surface area contributed by atoms with Gasteiger partial charge in [-0.1, -0.05) is 5.57 Å². The third kappa shape index (κ3) is 1.98. The molecule has 2 aromatic rings. The number of allylic oxidation sites excluding steroid dienone is 1. The Morgan fingerprint density at radius 3 is 3.07 bits per heavy atom. The number of aromatic nitrogens is 3. The first-order chi connectivity index (χ1) is 7.16. The van der Waals surface area contributed by atoms with Crippen molar-refractivity contribution in [1.29, 1.82) is 0 Å². The molecule has 2 N–H and O–H groups in total. The maximum atomic E-state index is 5.74. The summed E-state index contributed by atoms with van der Waals surface area (Å²) >= 11 is 0. The average molecular weight is 202 g/mol. The highest BCUT2D eigenvalue weighted by atomic mass is 15.2. The smallest absolute Gasteiger partial charge is 0.151 e. The van der Waals surface area contributed by atoms with Gasteiger partial charge in [0.1, 0.15) is 11.8 Å². The molecule has 0 fully saturated rings. The molecule has 4 heteroatoms. The molecule has 0 saturated carbocycles. The van der Waals surface area contributed by atoms with Gasteiger partial charge in [0, 0.05) is 6.20 Å². The van der Waals surface area contributed by atoms with Crippen LogP contribution in [0.2, 0.25) is 0 Å². The monoisotopic (exact) mass is 202 g/mol. The summed E-state index contributed by atoms with van der Waals surface area (Å²) in [5.41, 5.74) is 9.00. The fourth-order valence-corrected chi connectivity index (χ4v) is 1.50. The highest BCUT2D eigenvalue weighted by Gasteiger charge is 2.03. The van der Waals surface area contributed by atoms with E-state index < -0.39 is 0 Å². The van der Waals surface area contributed by atoms with Crippen molar-refractivity contribution < 1.29 is 0 Å². The number of nitrogens with zero attached hydrogens (tertiary/aromatic N) is 3. The van der Waals surface area contributed by atoms with Crippen LogP contribution in [0.4, 0.5) is 5.82 Å². The minimum absolute atomic E-state index is 0.520. The maximum absolute atomic E-state index is 5.74. The van der Waals surface area contributed by atoms with Crippen molar-refractivity contribution in [3.05, 3.63) is 36.3 Å². The second-order valence-corrected chi connectivity index (χ2v) is 3.78. The van der Waals surface area contributed by atoms with Crippen molar-refractivity contribution in [3.8, 4) is 0 Å². The highest BCUT2D eigenvalue weighted by molar-refractivity contribution is 5.65. The molecule has 15 heavy (non-hydrogen) atoms. The molecule has 0 amide bonds. The number of hydrogen-bond acceptors (Lipinski definition) is 3. The van der Waals surface area contributed by atoms with Crippen LogP contribution < -0.4 is 5.73 Å². The first-order valence-corrected chi connectivity index (χ1v) is 4.89. The van der Waals surface area contributed by atoms with Crippen LogP contribution >= 0.6 is 0 Å². The Morgan fingerprint density at radius 1 is 1.60 bits per heavy atom. The van der Waals surface area contributed by atoms with Gasteiger partial charge in [-0.3, -0.25) is 0 Å². The lowest BCUT2D eigenvalue weighted by Gasteiger charge is -1.94. The largest absolute Gasteiger partial charge is 0.382 e. The fourth-order valence-electron chi connectivity index (χ4n) is 1.50. The lowest BCUT2D eigenvalue weighted by molar-refractivity contribution is 0.889. The minimum Gasteiger partial charge on any atom is -0.382 e. The van der Waals surface area contributed by atoms with Crippen LogP contribution in [-0.4, -0.2) is 14.6 Å². The number of nitrogen functional groups attached to an aromatic ring is 1. The van der Waals surface area contributed by atoms with E-state index in [-0.39, 0.29) is 0 Å². The lowest BCUT2D eigenvalue weighted by atomic mass is 10.1. The highest BCUT2D eigenvalue weighted by Crippen LogP contribution is 2.15. The topological polar surface area (TPSA) is 56.2 Å². The molecule has 0 aliphatic heterocycles. The molecular formula is C11H14N4. The Balaban J connectivity index is 2.31. The van der Waals surface area contributed by atoms with Crippen molar-refractivity contribution >= 4 is 11.3 Å². The van der Waals surface area contributed by atoms with Crippen molar-refractivity contribution in [2.45, 2.75) is 19.8 Å². The summed E-state index contributed by atoms with van der Waals surface area (Å²) < 4.78 is 1.76. The summed E-state index contributed by atoms with van der Waals surface area (Å²) in [5, 5.41) is 4.09. The van der Waals surface area contributed by atoms with E-state index in [2.05, 4.69) is 16.7 Å². The molecule has 0 aromatic carbocycles. The van der Waals surface area contributed by atoms with Gasteiger partial charge in [-0.2, -0.15) is 5.10 Å². The Kier molecular flexibility index (Phi) is 2.41. The molecule has 4 nitrogen and oxygen atoms in total. The van der Waals surface area contributed by atoms with Crippen LogP contribution in [0.15, 0.2) is 30.7 Å². The molecule has 0 saturated heterocycles. The molecule has 0 aliphatic rings. The lowest BCUT2D eigenvalue weighted by Crippen LogP contribution is -1.96. The molecule has 0 aliphatic carbocycles. The second-order valence-electron chi connectivity index (χ2n) is 3.78. The third-order valence-corrected chi connectivity index (χ3v) is 2.33. The van der Waals surface area contributed by atoms with E-state index in [1.807, 2.05) is 19.2 Å². The van der Waals surface area contributed by atoms with Crippen LogP contribution in [0.25, 0.3) is 5.52 Å². The standard InChI is InChI=1S/C11H14N4/c1-8(2)3-4-9-5-10-11(12)13-7-14-15(10)6-9/h5-7H,1,3-4H2,2H3,(H2,12,13,14). The van der Waals surface area contributed by atoms with Gasteiger partial charge in [0.05, 0.1) is 0 Å². The van der Waals surface area contributed by atoms with Gasteiger partial charge < -0.3 is 5.73 Å². The summed E-state index contributed by atoms with van der Waals surface area (Å²) in [6.07, 6.45) is 5.41. The predicted octanol–water partition coefficient (Wildman–Crippen LogP) is 1.82. The number of rotatable bonds is 3. The number of aryl methyl sites for hydroxylation is 1. The summed E-state index contributed by atoms with van der Waals surface area (Å²) in [6.45, 7) is 5.91. The minimum atomic E-state index is 0.520. The van der Waals surface area contributed by atoms with Crippen LogP contribution in [-0.2, 0) is 6.42 Å². The van der Waals surface area contributed by atoms with E-state index >= 15 is 0 Å². The van der Waals surface area contributed by atoms with E-state index in [1.165, 1.54) is 17.5 Å². The van der Waals surface area contributed by atoms with Gasteiger partial charge in [0.2, 0.25) is 0 Å². The summed E-state index contributed by atoms with van der Waals surface area (Å²) in [7, 11) is 0. The van der Waals surface area contributed by atoms with E-state index in [4.69, 9.17) is 5.73 Å². The van der Waals surface area contributed by atoms with Gasteiger partial charge in [0.15, 0.2) is 5.82 Å². The quantitative estimate of drug-likeness (QED) is 0.772. The van der Waals surface area contributed by atoms with Crippen LogP contribution in [0.5, 0.6) is 0 Å². The van der Waals surface area contributed by atoms with E-state index in [0.717, 1.165) is 18.4 Å². The third-order valence-electron chi connectivity index (χ3n) is 2.33. The second kappa shape index (κ2) is 3.73. The van der Waals surface area contributed by atoms with Crippen molar-refractivity contribution in [2.75, 3.05) is 5.73 Å². The number of fused-ring (bicyclic) bond motifs is 1. The van der Waals surface area contributed by atoms with Gasteiger partial charge in [-0.05, 0) is 31.4 Å². The van der Waals surface area contributed by atoms with Gasteiger partial charge in [0.25, 0.3) is 0 Å². The number of hydrogen-bond donors (Lipinski definition) is 1. The molecule has 0 atom stereocenters.